The van der Waals surface area contributed by atoms with Gasteiger partial charge >= 0.3 is 0 Å². The Hall–Kier alpha value is -2.88. The normalized spacial score (nSPS) is 21.3. The van der Waals surface area contributed by atoms with Gasteiger partial charge in [0, 0.05) is 11.6 Å². The molecule has 2 aliphatic rings. The number of rotatable bonds is 2. The molecule has 5 rings (SSSR count). The van der Waals surface area contributed by atoms with E-state index < -0.39 is 0 Å². The van der Waals surface area contributed by atoms with Crippen LogP contribution in [0.3, 0.4) is 0 Å². The van der Waals surface area contributed by atoms with Gasteiger partial charge in [-0.3, -0.25) is 0 Å². The van der Waals surface area contributed by atoms with Crippen LogP contribution in [0.5, 0.6) is 0 Å². The van der Waals surface area contributed by atoms with Crippen molar-refractivity contribution in [1.29, 1.82) is 0 Å². The first kappa shape index (κ1) is 18.2. The third kappa shape index (κ3) is 3.17. The lowest BCUT2D eigenvalue weighted by atomic mass is 9.70. The Balaban J connectivity index is 1.59. The summed E-state index contributed by atoms with van der Waals surface area (Å²) in [6, 6.07) is 19.6. The summed E-state index contributed by atoms with van der Waals surface area (Å²) in [5, 5.41) is 8.22. The van der Waals surface area contributed by atoms with E-state index in [9.17, 15) is 0 Å². The molecule has 1 N–H and O–H groups in total. The third-order valence-corrected chi connectivity index (χ3v) is 6.41. The predicted octanol–water partition coefficient (Wildman–Crippen LogP) is 6.06. The Morgan fingerprint density at radius 2 is 1.69 bits per heavy atom. The van der Waals surface area contributed by atoms with Crippen molar-refractivity contribution in [3.05, 3.63) is 77.8 Å². The maximum Gasteiger partial charge on any atom is 0.226 e. The Morgan fingerprint density at radius 3 is 2.41 bits per heavy atom. The van der Waals surface area contributed by atoms with Gasteiger partial charge in [0.05, 0.1) is 0 Å². The largest absolute Gasteiger partial charge is 0.328 e. The van der Waals surface area contributed by atoms with E-state index in [1.807, 2.05) is 0 Å². The van der Waals surface area contributed by atoms with E-state index in [0.717, 1.165) is 12.4 Å². The fourth-order valence-corrected chi connectivity index (χ4v) is 4.94. The summed E-state index contributed by atoms with van der Waals surface area (Å²) >= 11 is 0. The topological polar surface area (TPSA) is 42.7 Å². The fraction of sp³-hybridized carbons (Fsp3) is 0.360. The van der Waals surface area contributed by atoms with Crippen molar-refractivity contribution in [2.75, 3.05) is 5.32 Å². The molecule has 0 bridgehead atoms. The Morgan fingerprint density at radius 1 is 0.966 bits per heavy atom. The molecule has 2 aromatic carbocycles. The highest BCUT2D eigenvalue weighted by Gasteiger charge is 2.39. The third-order valence-electron chi connectivity index (χ3n) is 6.41. The smallest absolute Gasteiger partial charge is 0.226 e. The number of hydrogen-bond acceptors (Lipinski definition) is 3. The van der Waals surface area contributed by atoms with Crippen LogP contribution in [0.1, 0.15) is 51.6 Å². The van der Waals surface area contributed by atoms with E-state index in [4.69, 9.17) is 0 Å². The molecule has 3 aromatic rings. The molecule has 0 radical (unpaired) electrons. The van der Waals surface area contributed by atoms with E-state index in [1.54, 1.807) is 6.33 Å². The van der Waals surface area contributed by atoms with Crippen LogP contribution in [-0.2, 0) is 0 Å². The molecular weight excluding hydrogens is 356 g/mol. The minimum absolute atomic E-state index is 0.124. The fourth-order valence-electron chi connectivity index (χ4n) is 4.94. The highest BCUT2D eigenvalue weighted by atomic mass is 15.4. The SMILES string of the molecule is CC(C)(C)[C@H]1CCCC2=C1Nc1ncnn1[C@H]2c1ccc(-c2ccccc2)cc1. The second kappa shape index (κ2) is 6.87. The molecule has 4 nitrogen and oxygen atoms in total. The molecule has 1 aliphatic heterocycles. The number of fused-ring (bicyclic) bond motifs is 1. The van der Waals surface area contributed by atoms with Gasteiger partial charge in [0.15, 0.2) is 0 Å². The molecule has 29 heavy (non-hydrogen) atoms. The van der Waals surface area contributed by atoms with Crippen molar-refractivity contribution in [2.24, 2.45) is 11.3 Å². The Kier molecular flexibility index (Phi) is 4.30. The monoisotopic (exact) mass is 384 g/mol. The number of allylic oxidation sites excluding steroid dienone is 2. The van der Waals surface area contributed by atoms with Gasteiger partial charge in [-0.1, -0.05) is 75.4 Å². The Labute approximate surface area is 172 Å². The minimum Gasteiger partial charge on any atom is -0.328 e. The zero-order valence-electron chi connectivity index (χ0n) is 17.4. The van der Waals surface area contributed by atoms with E-state index >= 15 is 0 Å². The number of benzene rings is 2. The molecule has 0 spiro atoms. The summed E-state index contributed by atoms with van der Waals surface area (Å²) in [7, 11) is 0. The van der Waals surface area contributed by atoms with Crippen LogP contribution in [0.25, 0.3) is 11.1 Å². The van der Waals surface area contributed by atoms with Crippen LogP contribution < -0.4 is 5.32 Å². The molecule has 1 aliphatic carbocycles. The van der Waals surface area contributed by atoms with Gasteiger partial charge in [-0.25, -0.2) is 4.68 Å². The molecule has 2 heterocycles. The lowest BCUT2D eigenvalue weighted by Crippen LogP contribution is -2.35. The highest BCUT2D eigenvalue weighted by Crippen LogP contribution is 2.48. The van der Waals surface area contributed by atoms with Gasteiger partial charge in [-0.05, 0) is 46.9 Å². The number of nitrogens with zero attached hydrogens (tertiary/aromatic N) is 3. The molecule has 0 unspecified atom stereocenters. The van der Waals surface area contributed by atoms with Gasteiger partial charge in [0.25, 0.3) is 0 Å². The van der Waals surface area contributed by atoms with E-state index in [0.29, 0.717) is 5.92 Å². The molecule has 4 heteroatoms. The van der Waals surface area contributed by atoms with Crippen molar-refractivity contribution < 1.29 is 0 Å². The lowest BCUT2D eigenvalue weighted by molar-refractivity contribution is 0.244. The first-order chi connectivity index (χ1) is 14.0. The first-order valence-electron chi connectivity index (χ1n) is 10.6. The van der Waals surface area contributed by atoms with Crippen molar-refractivity contribution in [3.63, 3.8) is 0 Å². The maximum atomic E-state index is 4.58. The van der Waals surface area contributed by atoms with Crippen molar-refractivity contribution in [2.45, 2.75) is 46.1 Å². The summed E-state index contributed by atoms with van der Waals surface area (Å²) in [6.07, 6.45) is 5.23. The van der Waals surface area contributed by atoms with Gasteiger partial charge in [0.2, 0.25) is 5.95 Å². The van der Waals surface area contributed by atoms with Crippen molar-refractivity contribution in [1.82, 2.24) is 14.8 Å². The van der Waals surface area contributed by atoms with Crippen LogP contribution >= 0.6 is 0 Å². The number of nitrogens with one attached hydrogen (secondary N) is 1. The number of hydrogen-bond donors (Lipinski definition) is 1. The minimum atomic E-state index is 0.124. The van der Waals surface area contributed by atoms with E-state index in [-0.39, 0.29) is 11.5 Å². The molecular formula is C25H28N4. The molecule has 148 valence electrons. The van der Waals surface area contributed by atoms with Crippen LogP contribution in [0.2, 0.25) is 0 Å². The summed E-state index contributed by atoms with van der Waals surface area (Å²) in [6.45, 7) is 7.04. The average Bonchev–Trinajstić information content (AvgIpc) is 3.20. The highest BCUT2D eigenvalue weighted by molar-refractivity contribution is 5.64. The zero-order valence-corrected chi connectivity index (χ0v) is 17.4. The van der Waals surface area contributed by atoms with Crippen LogP contribution in [0.15, 0.2) is 72.2 Å². The van der Waals surface area contributed by atoms with Crippen LogP contribution in [-0.4, -0.2) is 14.8 Å². The van der Waals surface area contributed by atoms with Gasteiger partial charge in [0.1, 0.15) is 12.4 Å². The Bertz CT molecular complexity index is 1040. The van der Waals surface area contributed by atoms with Gasteiger partial charge in [-0.15, -0.1) is 0 Å². The number of anilines is 1. The number of aromatic nitrogens is 3. The van der Waals surface area contributed by atoms with Gasteiger partial charge < -0.3 is 5.32 Å². The predicted molar refractivity (Wildman–Crippen MR) is 117 cm³/mol. The summed E-state index contributed by atoms with van der Waals surface area (Å²) in [5.74, 6) is 1.37. The first-order valence-corrected chi connectivity index (χ1v) is 10.6. The molecule has 0 amide bonds. The van der Waals surface area contributed by atoms with Gasteiger partial charge in [-0.2, -0.15) is 10.1 Å². The molecule has 0 fully saturated rings. The molecule has 0 saturated heterocycles. The average molecular weight is 385 g/mol. The second-order valence-corrected chi connectivity index (χ2v) is 9.29. The van der Waals surface area contributed by atoms with Crippen LogP contribution in [0.4, 0.5) is 5.95 Å². The molecule has 2 atom stereocenters. The second-order valence-electron chi connectivity index (χ2n) is 9.29. The summed E-state index contributed by atoms with van der Waals surface area (Å²) in [5.41, 5.74) is 6.84. The lowest BCUT2D eigenvalue weighted by Gasteiger charge is -2.42. The zero-order chi connectivity index (χ0) is 20.0. The standard InChI is InChI=1S/C25H28N4/c1-25(2,3)21-11-7-10-20-22(21)28-24-26-16-27-29(24)23(20)19-14-12-18(13-15-19)17-8-5-4-6-9-17/h4-6,8-9,12-16,21,23H,7,10-11H2,1-3H3,(H,26,27,28)/t21-,23-/m0/s1. The maximum absolute atomic E-state index is 4.58. The molecule has 0 saturated carbocycles. The van der Waals surface area contributed by atoms with E-state index in [2.05, 4.69) is 95.4 Å². The van der Waals surface area contributed by atoms with Crippen molar-refractivity contribution in [3.8, 4) is 11.1 Å². The van der Waals surface area contributed by atoms with Crippen LogP contribution in [0, 0.1) is 11.3 Å². The van der Waals surface area contributed by atoms with Crippen molar-refractivity contribution >= 4 is 5.95 Å². The summed E-state index contributed by atoms with van der Waals surface area (Å²) in [4.78, 5) is 4.51. The summed E-state index contributed by atoms with van der Waals surface area (Å²) < 4.78 is 2.06. The molecule has 1 aromatic heterocycles. The van der Waals surface area contributed by atoms with E-state index in [1.165, 1.54) is 40.8 Å². The quantitative estimate of drug-likeness (QED) is 0.584.